The van der Waals surface area contributed by atoms with Crippen molar-refractivity contribution < 1.29 is 19.5 Å². The zero-order chi connectivity index (χ0) is 20.5. The van der Waals surface area contributed by atoms with Crippen LogP contribution in [-0.4, -0.2) is 72.0 Å². The highest BCUT2D eigenvalue weighted by atomic mass is 16.3. The number of β-amino-alcohol motifs (C(OH)–C–C–N with tert-alkyl or cyclic N) is 1. The Morgan fingerprint density at radius 2 is 1.59 bits per heavy atom. The molecule has 1 N–H and O–H groups in total. The van der Waals surface area contributed by atoms with Crippen LogP contribution in [0.1, 0.15) is 36.6 Å². The van der Waals surface area contributed by atoms with Crippen molar-refractivity contribution in [1.82, 2.24) is 9.80 Å². The Hall–Kier alpha value is -3.03. The zero-order valence-electron chi connectivity index (χ0n) is 16.3. The number of fused-ring (bicyclic) bond motifs is 1. The lowest BCUT2D eigenvalue weighted by atomic mass is 10.0. The van der Waals surface area contributed by atoms with Crippen LogP contribution in [0.2, 0.25) is 0 Å². The average Bonchev–Trinajstić information content (AvgIpc) is 2.99. The van der Waals surface area contributed by atoms with E-state index in [4.69, 9.17) is 5.11 Å². The van der Waals surface area contributed by atoms with Crippen LogP contribution in [0.4, 0.5) is 5.69 Å². The molecule has 0 atom stereocenters. The second-order valence-corrected chi connectivity index (χ2v) is 7.40. The third-order valence-corrected chi connectivity index (χ3v) is 5.50. The number of piperazine rings is 1. The molecular formula is C22H23N3O4. The van der Waals surface area contributed by atoms with E-state index in [9.17, 15) is 14.4 Å². The van der Waals surface area contributed by atoms with Gasteiger partial charge in [-0.25, -0.2) is 4.90 Å². The first-order chi connectivity index (χ1) is 14.0. The fourth-order valence-electron chi connectivity index (χ4n) is 3.80. The summed E-state index contributed by atoms with van der Waals surface area (Å²) in [6.45, 7) is 5.19. The van der Waals surface area contributed by atoms with Crippen LogP contribution in [-0.2, 0) is 0 Å². The van der Waals surface area contributed by atoms with Crippen LogP contribution in [0, 0.1) is 6.92 Å². The van der Waals surface area contributed by atoms with Gasteiger partial charge < -0.3 is 10.0 Å². The Balaban J connectivity index is 1.55. The van der Waals surface area contributed by atoms with E-state index in [2.05, 4.69) is 4.90 Å². The summed E-state index contributed by atoms with van der Waals surface area (Å²) in [6, 6.07) is 11.9. The van der Waals surface area contributed by atoms with Crippen molar-refractivity contribution in [2.45, 2.75) is 6.92 Å². The fraction of sp³-hybridized carbons (Fsp3) is 0.318. The Morgan fingerprint density at radius 3 is 2.24 bits per heavy atom. The monoisotopic (exact) mass is 393 g/mol. The number of imide groups is 1. The van der Waals surface area contributed by atoms with Crippen LogP contribution < -0.4 is 4.90 Å². The summed E-state index contributed by atoms with van der Waals surface area (Å²) in [5.74, 6) is -0.924. The van der Waals surface area contributed by atoms with E-state index >= 15 is 0 Å². The first-order valence-corrected chi connectivity index (χ1v) is 9.71. The number of aryl methyl sites for hydroxylation is 1. The maximum Gasteiger partial charge on any atom is 0.266 e. The number of hydrogen-bond donors (Lipinski definition) is 1. The van der Waals surface area contributed by atoms with Gasteiger partial charge >= 0.3 is 0 Å². The Kier molecular flexibility index (Phi) is 5.17. The number of aliphatic hydroxyl groups is 1. The van der Waals surface area contributed by atoms with E-state index in [0.717, 1.165) is 10.5 Å². The summed E-state index contributed by atoms with van der Waals surface area (Å²) in [5, 5.41) is 9.04. The minimum absolute atomic E-state index is 0.104. The Bertz CT molecular complexity index is 963. The van der Waals surface area contributed by atoms with Gasteiger partial charge in [0.15, 0.2) is 0 Å². The molecule has 3 amide bonds. The van der Waals surface area contributed by atoms with Crippen molar-refractivity contribution in [2.75, 3.05) is 44.2 Å². The molecule has 2 heterocycles. The highest BCUT2D eigenvalue weighted by Gasteiger charge is 2.37. The first kappa shape index (κ1) is 19.3. The van der Waals surface area contributed by atoms with Crippen molar-refractivity contribution in [3.8, 4) is 0 Å². The maximum atomic E-state index is 12.9. The van der Waals surface area contributed by atoms with Crippen molar-refractivity contribution in [3.05, 3.63) is 64.7 Å². The van der Waals surface area contributed by atoms with Gasteiger partial charge in [-0.15, -0.1) is 0 Å². The molecule has 0 spiro atoms. The van der Waals surface area contributed by atoms with Crippen LogP contribution in [0.5, 0.6) is 0 Å². The zero-order valence-corrected chi connectivity index (χ0v) is 16.3. The molecule has 29 heavy (non-hydrogen) atoms. The average molecular weight is 393 g/mol. The first-order valence-electron chi connectivity index (χ1n) is 9.71. The number of amides is 3. The lowest BCUT2D eigenvalue weighted by molar-refractivity contribution is 0.0614. The molecule has 4 rings (SSSR count). The minimum atomic E-state index is -0.406. The molecule has 0 bridgehead atoms. The second-order valence-electron chi connectivity index (χ2n) is 7.40. The van der Waals surface area contributed by atoms with Crippen molar-refractivity contribution in [1.29, 1.82) is 0 Å². The summed E-state index contributed by atoms with van der Waals surface area (Å²) >= 11 is 0. The highest BCUT2D eigenvalue weighted by molar-refractivity contribution is 6.34. The molecule has 0 aromatic heterocycles. The Morgan fingerprint density at radius 1 is 0.931 bits per heavy atom. The molecular weight excluding hydrogens is 370 g/mol. The van der Waals surface area contributed by atoms with Crippen LogP contribution >= 0.6 is 0 Å². The second kappa shape index (κ2) is 7.77. The summed E-state index contributed by atoms with van der Waals surface area (Å²) in [5.41, 5.74) is 2.55. The third kappa shape index (κ3) is 3.54. The minimum Gasteiger partial charge on any atom is -0.395 e. The molecule has 150 valence electrons. The molecule has 2 aromatic carbocycles. The molecule has 2 aliphatic rings. The van der Waals surface area contributed by atoms with E-state index < -0.39 is 5.91 Å². The number of rotatable bonds is 4. The summed E-state index contributed by atoms with van der Waals surface area (Å²) in [7, 11) is 0. The predicted molar refractivity (Wildman–Crippen MR) is 108 cm³/mol. The normalized spacial score (nSPS) is 17.0. The van der Waals surface area contributed by atoms with Crippen LogP contribution in [0.25, 0.3) is 0 Å². The Labute approximate surface area is 169 Å². The SMILES string of the molecule is Cc1ccc(N2C(=O)c3ccc(C(=O)N4CCN(CCO)CC4)cc3C2=O)cc1. The van der Waals surface area contributed by atoms with E-state index in [1.165, 1.54) is 6.07 Å². The fourth-order valence-corrected chi connectivity index (χ4v) is 3.80. The highest BCUT2D eigenvalue weighted by Crippen LogP contribution is 2.29. The molecule has 0 unspecified atom stereocenters. The summed E-state index contributed by atoms with van der Waals surface area (Å²) in [4.78, 5) is 43.6. The van der Waals surface area contributed by atoms with Gasteiger partial charge in [-0.05, 0) is 37.3 Å². The lowest BCUT2D eigenvalue weighted by Crippen LogP contribution is -2.49. The molecule has 2 aliphatic heterocycles. The number of aliphatic hydroxyl groups excluding tert-OH is 1. The van der Waals surface area contributed by atoms with Gasteiger partial charge in [0, 0.05) is 38.3 Å². The molecule has 2 aromatic rings. The van der Waals surface area contributed by atoms with E-state index in [1.807, 2.05) is 19.1 Å². The summed E-state index contributed by atoms with van der Waals surface area (Å²) < 4.78 is 0. The molecule has 0 saturated carbocycles. The van der Waals surface area contributed by atoms with Gasteiger partial charge in [0.1, 0.15) is 0 Å². The molecule has 7 heteroatoms. The number of hydrogen-bond acceptors (Lipinski definition) is 5. The van der Waals surface area contributed by atoms with E-state index in [1.54, 1.807) is 29.2 Å². The predicted octanol–water partition coefficient (Wildman–Crippen LogP) is 1.55. The van der Waals surface area contributed by atoms with Crippen molar-refractivity contribution >= 4 is 23.4 Å². The molecule has 0 radical (unpaired) electrons. The maximum absolute atomic E-state index is 12.9. The van der Waals surface area contributed by atoms with Gasteiger partial charge in [-0.2, -0.15) is 0 Å². The van der Waals surface area contributed by atoms with Gasteiger partial charge in [-0.3, -0.25) is 19.3 Å². The molecule has 0 aliphatic carbocycles. The van der Waals surface area contributed by atoms with Gasteiger partial charge in [0.05, 0.1) is 23.4 Å². The molecule has 1 saturated heterocycles. The van der Waals surface area contributed by atoms with E-state index in [0.29, 0.717) is 49.5 Å². The topological polar surface area (TPSA) is 81.2 Å². The van der Waals surface area contributed by atoms with Gasteiger partial charge in [0.2, 0.25) is 0 Å². The van der Waals surface area contributed by atoms with Crippen LogP contribution in [0.3, 0.4) is 0 Å². The quantitative estimate of drug-likeness (QED) is 0.797. The largest absolute Gasteiger partial charge is 0.395 e. The van der Waals surface area contributed by atoms with Gasteiger partial charge in [0.25, 0.3) is 17.7 Å². The molecule has 1 fully saturated rings. The lowest BCUT2D eigenvalue weighted by Gasteiger charge is -2.34. The number of carbonyl (C=O) groups is 3. The van der Waals surface area contributed by atoms with Crippen molar-refractivity contribution in [3.63, 3.8) is 0 Å². The third-order valence-electron chi connectivity index (χ3n) is 5.50. The standard InChI is InChI=1S/C22H23N3O4/c1-15-2-5-17(6-3-15)25-21(28)18-7-4-16(14-19(18)22(25)29)20(27)24-10-8-23(9-11-24)12-13-26/h2-7,14,26H,8-13H2,1H3. The smallest absolute Gasteiger partial charge is 0.266 e. The number of anilines is 1. The molecule has 7 nitrogen and oxygen atoms in total. The van der Waals surface area contributed by atoms with E-state index in [-0.39, 0.29) is 24.0 Å². The number of benzene rings is 2. The van der Waals surface area contributed by atoms with Crippen LogP contribution in [0.15, 0.2) is 42.5 Å². The summed E-state index contributed by atoms with van der Waals surface area (Å²) in [6.07, 6.45) is 0. The van der Waals surface area contributed by atoms with Crippen molar-refractivity contribution in [2.24, 2.45) is 0 Å². The van der Waals surface area contributed by atoms with Gasteiger partial charge in [-0.1, -0.05) is 17.7 Å². The number of nitrogens with zero attached hydrogens (tertiary/aromatic N) is 3. The number of carbonyl (C=O) groups excluding carboxylic acids is 3.